The molecule has 2 rings (SSSR count). The SMILES string of the molecule is COc1ccc(C(N)C2CNCCO2)cc1. The van der Waals surface area contributed by atoms with Crippen molar-refractivity contribution in [3.05, 3.63) is 29.8 Å². The number of ether oxygens (including phenoxy) is 2. The molecule has 1 aliphatic rings. The summed E-state index contributed by atoms with van der Waals surface area (Å²) in [5.74, 6) is 0.846. The highest BCUT2D eigenvalue weighted by molar-refractivity contribution is 5.29. The summed E-state index contributed by atoms with van der Waals surface area (Å²) in [5.41, 5.74) is 7.23. The average Bonchev–Trinajstić information content (AvgIpc) is 2.39. The van der Waals surface area contributed by atoms with Crippen LogP contribution < -0.4 is 15.8 Å². The van der Waals surface area contributed by atoms with Crippen molar-refractivity contribution in [3.8, 4) is 5.75 Å². The Morgan fingerprint density at radius 3 is 2.75 bits per heavy atom. The molecule has 16 heavy (non-hydrogen) atoms. The van der Waals surface area contributed by atoms with Gasteiger partial charge in [-0.3, -0.25) is 0 Å². The topological polar surface area (TPSA) is 56.5 Å². The van der Waals surface area contributed by atoms with Crippen LogP contribution in [0.1, 0.15) is 11.6 Å². The summed E-state index contributed by atoms with van der Waals surface area (Å²) < 4.78 is 10.7. The van der Waals surface area contributed by atoms with Gasteiger partial charge in [0.2, 0.25) is 0 Å². The minimum Gasteiger partial charge on any atom is -0.497 e. The quantitative estimate of drug-likeness (QED) is 0.790. The van der Waals surface area contributed by atoms with Gasteiger partial charge in [0.25, 0.3) is 0 Å². The molecule has 1 heterocycles. The summed E-state index contributed by atoms with van der Waals surface area (Å²) in [4.78, 5) is 0. The third kappa shape index (κ3) is 2.52. The van der Waals surface area contributed by atoms with Gasteiger partial charge in [0.05, 0.1) is 25.9 Å². The highest BCUT2D eigenvalue weighted by Crippen LogP contribution is 2.20. The lowest BCUT2D eigenvalue weighted by atomic mass is 10.0. The van der Waals surface area contributed by atoms with E-state index in [9.17, 15) is 0 Å². The molecular formula is C12H18N2O2. The second-order valence-electron chi connectivity index (χ2n) is 3.91. The first kappa shape index (κ1) is 11.4. The Morgan fingerprint density at radius 1 is 1.44 bits per heavy atom. The maximum atomic E-state index is 6.16. The van der Waals surface area contributed by atoms with Crippen LogP contribution >= 0.6 is 0 Å². The zero-order valence-corrected chi connectivity index (χ0v) is 9.48. The summed E-state index contributed by atoms with van der Waals surface area (Å²) in [6.07, 6.45) is 0.0575. The van der Waals surface area contributed by atoms with Crippen LogP contribution in [0.25, 0.3) is 0 Å². The molecule has 1 fully saturated rings. The number of benzene rings is 1. The summed E-state index contributed by atoms with van der Waals surface area (Å²) in [6, 6.07) is 7.73. The van der Waals surface area contributed by atoms with Gasteiger partial charge >= 0.3 is 0 Å². The predicted molar refractivity (Wildman–Crippen MR) is 62.5 cm³/mol. The smallest absolute Gasteiger partial charge is 0.118 e. The predicted octanol–water partition coefficient (Wildman–Crippen LogP) is 0.683. The van der Waals surface area contributed by atoms with Crippen molar-refractivity contribution in [2.24, 2.45) is 5.73 Å². The van der Waals surface area contributed by atoms with Crippen molar-refractivity contribution in [1.29, 1.82) is 0 Å². The molecule has 0 aromatic heterocycles. The van der Waals surface area contributed by atoms with Crippen LogP contribution in [-0.2, 0) is 4.74 Å². The molecule has 3 N–H and O–H groups in total. The van der Waals surface area contributed by atoms with Crippen LogP contribution in [0.5, 0.6) is 5.75 Å². The van der Waals surface area contributed by atoms with E-state index in [0.29, 0.717) is 0 Å². The van der Waals surface area contributed by atoms with Crippen LogP contribution in [0.2, 0.25) is 0 Å². The van der Waals surface area contributed by atoms with Crippen LogP contribution in [0.4, 0.5) is 0 Å². The van der Waals surface area contributed by atoms with E-state index in [-0.39, 0.29) is 12.1 Å². The third-order valence-corrected chi connectivity index (χ3v) is 2.86. The molecule has 4 nitrogen and oxygen atoms in total. The molecule has 2 atom stereocenters. The number of morpholine rings is 1. The van der Waals surface area contributed by atoms with Crippen LogP contribution in [0, 0.1) is 0 Å². The fraction of sp³-hybridized carbons (Fsp3) is 0.500. The maximum absolute atomic E-state index is 6.16. The number of nitrogens with one attached hydrogen (secondary N) is 1. The summed E-state index contributed by atoms with van der Waals surface area (Å²) in [6.45, 7) is 2.45. The fourth-order valence-electron chi connectivity index (χ4n) is 1.86. The molecule has 1 aromatic carbocycles. The molecule has 1 aliphatic heterocycles. The maximum Gasteiger partial charge on any atom is 0.118 e. The highest BCUT2D eigenvalue weighted by atomic mass is 16.5. The molecule has 2 unspecified atom stereocenters. The van der Waals surface area contributed by atoms with Crippen molar-refractivity contribution >= 4 is 0 Å². The van der Waals surface area contributed by atoms with Gasteiger partial charge < -0.3 is 20.5 Å². The molecule has 4 heteroatoms. The zero-order valence-electron chi connectivity index (χ0n) is 9.48. The first-order chi connectivity index (χ1) is 7.81. The molecule has 1 aromatic rings. The van der Waals surface area contributed by atoms with Crippen molar-refractivity contribution in [2.45, 2.75) is 12.1 Å². The van der Waals surface area contributed by atoms with Gasteiger partial charge in [-0.15, -0.1) is 0 Å². The van der Waals surface area contributed by atoms with Gasteiger partial charge in [-0.1, -0.05) is 12.1 Å². The molecule has 0 radical (unpaired) electrons. The van der Waals surface area contributed by atoms with Gasteiger partial charge in [0, 0.05) is 13.1 Å². The van der Waals surface area contributed by atoms with Gasteiger partial charge in [0.1, 0.15) is 5.75 Å². The Labute approximate surface area is 95.7 Å². The summed E-state index contributed by atoms with van der Waals surface area (Å²) in [5, 5.41) is 3.28. The lowest BCUT2D eigenvalue weighted by Gasteiger charge is -2.28. The third-order valence-electron chi connectivity index (χ3n) is 2.86. The largest absolute Gasteiger partial charge is 0.497 e. The molecule has 0 aliphatic carbocycles. The Hall–Kier alpha value is -1.10. The second-order valence-corrected chi connectivity index (χ2v) is 3.91. The van der Waals surface area contributed by atoms with E-state index >= 15 is 0 Å². The van der Waals surface area contributed by atoms with Crippen LogP contribution in [-0.4, -0.2) is 32.9 Å². The number of hydrogen-bond donors (Lipinski definition) is 2. The summed E-state index contributed by atoms with van der Waals surface area (Å²) in [7, 11) is 1.66. The van der Waals surface area contributed by atoms with Crippen molar-refractivity contribution < 1.29 is 9.47 Å². The lowest BCUT2D eigenvalue weighted by molar-refractivity contribution is 0.0122. The molecule has 88 valence electrons. The number of nitrogens with two attached hydrogens (primary N) is 1. The second kappa shape index (κ2) is 5.30. The van der Waals surface area contributed by atoms with Crippen molar-refractivity contribution in [1.82, 2.24) is 5.32 Å². The Bertz CT molecular complexity index is 320. The first-order valence-corrected chi connectivity index (χ1v) is 5.53. The van der Waals surface area contributed by atoms with E-state index in [4.69, 9.17) is 15.2 Å². The van der Waals surface area contributed by atoms with Crippen LogP contribution in [0.3, 0.4) is 0 Å². The average molecular weight is 222 g/mol. The molecule has 0 saturated carbocycles. The molecule has 0 bridgehead atoms. The van der Waals surface area contributed by atoms with Gasteiger partial charge in [-0.25, -0.2) is 0 Å². The Morgan fingerprint density at radius 2 is 2.19 bits per heavy atom. The number of hydrogen-bond acceptors (Lipinski definition) is 4. The van der Waals surface area contributed by atoms with E-state index in [1.54, 1.807) is 7.11 Å². The summed E-state index contributed by atoms with van der Waals surface area (Å²) >= 11 is 0. The van der Waals surface area contributed by atoms with Crippen LogP contribution in [0.15, 0.2) is 24.3 Å². The van der Waals surface area contributed by atoms with E-state index in [2.05, 4.69) is 5.32 Å². The standard InChI is InChI=1S/C12H18N2O2/c1-15-10-4-2-9(3-5-10)12(13)11-8-14-6-7-16-11/h2-5,11-12,14H,6-8,13H2,1H3. The number of methoxy groups -OCH3 is 1. The van der Waals surface area contributed by atoms with Gasteiger partial charge in [-0.05, 0) is 17.7 Å². The van der Waals surface area contributed by atoms with Gasteiger partial charge in [-0.2, -0.15) is 0 Å². The van der Waals surface area contributed by atoms with Crippen molar-refractivity contribution in [2.75, 3.05) is 26.8 Å². The molecule has 1 saturated heterocycles. The van der Waals surface area contributed by atoms with E-state index in [0.717, 1.165) is 31.0 Å². The Balaban J connectivity index is 2.04. The normalized spacial score (nSPS) is 22.8. The molecule has 0 spiro atoms. The zero-order chi connectivity index (χ0) is 11.4. The lowest BCUT2D eigenvalue weighted by Crippen LogP contribution is -2.44. The minimum absolute atomic E-state index is 0.0575. The Kier molecular flexibility index (Phi) is 3.77. The molecular weight excluding hydrogens is 204 g/mol. The monoisotopic (exact) mass is 222 g/mol. The minimum atomic E-state index is -0.0845. The molecule has 0 amide bonds. The van der Waals surface area contributed by atoms with E-state index in [1.807, 2.05) is 24.3 Å². The van der Waals surface area contributed by atoms with Crippen molar-refractivity contribution in [3.63, 3.8) is 0 Å². The highest BCUT2D eigenvalue weighted by Gasteiger charge is 2.22. The fourth-order valence-corrected chi connectivity index (χ4v) is 1.86. The van der Waals surface area contributed by atoms with Gasteiger partial charge in [0.15, 0.2) is 0 Å². The van der Waals surface area contributed by atoms with E-state index in [1.165, 1.54) is 0 Å². The number of rotatable bonds is 3. The first-order valence-electron chi connectivity index (χ1n) is 5.53. The van der Waals surface area contributed by atoms with E-state index < -0.39 is 0 Å².